The second-order valence-corrected chi connectivity index (χ2v) is 7.49. The van der Waals surface area contributed by atoms with Crippen LogP contribution in [0.15, 0.2) is 24.3 Å². The number of benzene rings is 1. The molecular weight excluding hydrogens is 288 g/mol. The van der Waals surface area contributed by atoms with E-state index >= 15 is 0 Å². The SMILES string of the molecule is CNc1nc(NC2CCCS(=O)(=O)C2)c2ccccc2n1. The van der Waals surface area contributed by atoms with E-state index in [1.54, 1.807) is 7.05 Å². The molecule has 7 heteroatoms. The zero-order chi connectivity index (χ0) is 14.9. The van der Waals surface area contributed by atoms with Gasteiger partial charge in [0.25, 0.3) is 0 Å². The van der Waals surface area contributed by atoms with E-state index in [9.17, 15) is 8.42 Å². The Morgan fingerprint density at radius 2 is 2.05 bits per heavy atom. The molecule has 1 atom stereocenters. The quantitative estimate of drug-likeness (QED) is 0.897. The van der Waals surface area contributed by atoms with Crippen LogP contribution in [-0.4, -0.2) is 43.0 Å². The van der Waals surface area contributed by atoms with Crippen LogP contribution in [0.1, 0.15) is 12.8 Å². The molecule has 0 aliphatic carbocycles. The van der Waals surface area contributed by atoms with E-state index in [4.69, 9.17) is 0 Å². The van der Waals surface area contributed by atoms with E-state index < -0.39 is 9.84 Å². The molecule has 21 heavy (non-hydrogen) atoms. The van der Waals surface area contributed by atoms with Gasteiger partial charge in [0.1, 0.15) is 5.82 Å². The van der Waals surface area contributed by atoms with Crippen molar-refractivity contribution in [1.82, 2.24) is 9.97 Å². The van der Waals surface area contributed by atoms with Crippen molar-refractivity contribution in [3.63, 3.8) is 0 Å². The number of aromatic nitrogens is 2. The first-order valence-electron chi connectivity index (χ1n) is 6.99. The lowest BCUT2D eigenvalue weighted by Gasteiger charge is -2.24. The van der Waals surface area contributed by atoms with Crippen LogP contribution in [-0.2, 0) is 9.84 Å². The number of hydrogen-bond acceptors (Lipinski definition) is 6. The van der Waals surface area contributed by atoms with E-state index in [0.29, 0.717) is 18.2 Å². The van der Waals surface area contributed by atoms with Gasteiger partial charge in [-0.05, 0) is 25.0 Å². The molecule has 1 aliphatic heterocycles. The van der Waals surface area contributed by atoms with Crippen LogP contribution in [0.25, 0.3) is 10.9 Å². The summed E-state index contributed by atoms with van der Waals surface area (Å²) in [6.07, 6.45) is 1.54. The number of para-hydroxylation sites is 1. The highest BCUT2D eigenvalue weighted by Crippen LogP contribution is 2.24. The van der Waals surface area contributed by atoms with Crippen molar-refractivity contribution in [2.24, 2.45) is 0 Å². The Balaban J connectivity index is 1.96. The summed E-state index contributed by atoms with van der Waals surface area (Å²) < 4.78 is 23.5. The molecule has 0 bridgehead atoms. The average molecular weight is 306 g/mol. The zero-order valence-electron chi connectivity index (χ0n) is 11.8. The normalized spacial score (nSPS) is 21.1. The van der Waals surface area contributed by atoms with Gasteiger partial charge in [-0.3, -0.25) is 0 Å². The largest absolute Gasteiger partial charge is 0.366 e. The molecule has 0 spiro atoms. The Morgan fingerprint density at radius 3 is 2.81 bits per heavy atom. The van der Waals surface area contributed by atoms with Crippen LogP contribution in [0.2, 0.25) is 0 Å². The van der Waals surface area contributed by atoms with Crippen LogP contribution < -0.4 is 10.6 Å². The maximum Gasteiger partial charge on any atom is 0.224 e. The molecule has 1 aromatic carbocycles. The van der Waals surface area contributed by atoms with Crippen molar-refractivity contribution in [2.75, 3.05) is 29.2 Å². The first kappa shape index (κ1) is 14.1. The lowest BCUT2D eigenvalue weighted by molar-refractivity contribution is 0.561. The number of rotatable bonds is 3. The third kappa shape index (κ3) is 3.07. The summed E-state index contributed by atoms with van der Waals surface area (Å²) in [5.41, 5.74) is 0.831. The molecule has 1 unspecified atom stereocenters. The minimum atomic E-state index is -2.94. The van der Waals surface area contributed by atoms with E-state index in [0.717, 1.165) is 17.3 Å². The van der Waals surface area contributed by atoms with Crippen LogP contribution >= 0.6 is 0 Å². The Hall–Kier alpha value is -1.89. The summed E-state index contributed by atoms with van der Waals surface area (Å²) in [5.74, 6) is 1.67. The Labute approximate surface area is 123 Å². The van der Waals surface area contributed by atoms with Crippen LogP contribution in [0, 0.1) is 0 Å². The third-order valence-electron chi connectivity index (χ3n) is 3.63. The highest BCUT2D eigenvalue weighted by atomic mass is 32.2. The average Bonchev–Trinajstić information content (AvgIpc) is 2.46. The van der Waals surface area contributed by atoms with E-state index in [2.05, 4.69) is 20.6 Å². The van der Waals surface area contributed by atoms with Gasteiger partial charge >= 0.3 is 0 Å². The molecule has 3 rings (SSSR count). The number of nitrogens with zero attached hydrogens (tertiary/aromatic N) is 2. The summed E-state index contributed by atoms with van der Waals surface area (Å²) >= 11 is 0. The summed E-state index contributed by atoms with van der Waals surface area (Å²) in [7, 11) is -1.18. The fourth-order valence-electron chi connectivity index (χ4n) is 2.63. The molecule has 1 saturated heterocycles. The molecule has 0 amide bonds. The van der Waals surface area contributed by atoms with Crippen molar-refractivity contribution in [3.8, 4) is 0 Å². The van der Waals surface area contributed by atoms with Crippen LogP contribution in [0.3, 0.4) is 0 Å². The van der Waals surface area contributed by atoms with Gasteiger partial charge in [-0.2, -0.15) is 4.98 Å². The van der Waals surface area contributed by atoms with Gasteiger partial charge in [-0.25, -0.2) is 13.4 Å². The molecule has 1 aliphatic rings. The van der Waals surface area contributed by atoms with Gasteiger partial charge in [0.15, 0.2) is 9.84 Å². The third-order valence-corrected chi connectivity index (χ3v) is 5.45. The number of fused-ring (bicyclic) bond motifs is 1. The van der Waals surface area contributed by atoms with Crippen molar-refractivity contribution >= 4 is 32.5 Å². The van der Waals surface area contributed by atoms with E-state index in [1.807, 2.05) is 24.3 Å². The maximum absolute atomic E-state index is 11.8. The lowest BCUT2D eigenvalue weighted by Crippen LogP contribution is -2.35. The van der Waals surface area contributed by atoms with E-state index in [-0.39, 0.29) is 17.5 Å². The summed E-state index contributed by atoms with van der Waals surface area (Å²) in [5, 5.41) is 7.12. The monoisotopic (exact) mass is 306 g/mol. The molecule has 112 valence electrons. The highest BCUT2D eigenvalue weighted by molar-refractivity contribution is 7.91. The molecular formula is C14H18N4O2S. The fourth-order valence-corrected chi connectivity index (χ4v) is 4.26. The van der Waals surface area contributed by atoms with Crippen molar-refractivity contribution < 1.29 is 8.42 Å². The predicted molar refractivity (Wildman–Crippen MR) is 84.4 cm³/mol. The fraction of sp³-hybridized carbons (Fsp3) is 0.429. The number of sulfone groups is 1. The van der Waals surface area contributed by atoms with Gasteiger partial charge < -0.3 is 10.6 Å². The first-order chi connectivity index (χ1) is 10.1. The smallest absolute Gasteiger partial charge is 0.224 e. The molecule has 0 saturated carbocycles. The second kappa shape index (κ2) is 5.48. The molecule has 2 N–H and O–H groups in total. The summed E-state index contributed by atoms with van der Waals surface area (Å²) in [6, 6.07) is 7.61. The lowest BCUT2D eigenvalue weighted by atomic mass is 10.1. The van der Waals surface area contributed by atoms with Gasteiger partial charge in [-0.1, -0.05) is 12.1 Å². The van der Waals surface area contributed by atoms with E-state index in [1.165, 1.54) is 0 Å². The van der Waals surface area contributed by atoms with Crippen molar-refractivity contribution in [2.45, 2.75) is 18.9 Å². The number of hydrogen-bond donors (Lipinski definition) is 2. The minimum absolute atomic E-state index is 0.0910. The minimum Gasteiger partial charge on any atom is -0.366 e. The van der Waals surface area contributed by atoms with Crippen LogP contribution in [0.4, 0.5) is 11.8 Å². The van der Waals surface area contributed by atoms with Gasteiger partial charge in [0.2, 0.25) is 5.95 Å². The Morgan fingerprint density at radius 1 is 1.24 bits per heavy atom. The summed E-state index contributed by atoms with van der Waals surface area (Å²) in [6.45, 7) is 0. The second-order valence-electron chi connectivity index (χ2n) is 5.26. The summed E-state index contributed by atoms with van der Waals surface area (Å²) in [4.78, 5) is 8.83. The number of anilines is 2. The molecule has 6 nitrogen and oxygen atoms in total. The van der Waals surface area contributed by atoms with Gasteiger partial charge in [-0.15, -0.1) is 0 Å². The molecule has 0 radical (unpaired) electrons. The van der Waals surface area contributed by atoms with Crippen LogP contribution in [0.5, 0.6) is 0 Å². The number of nitrogens with one attached hydrogen (secondary N) is 2. The molecule has 1 aromatic heterocycles. The van der Waals surface area contributed by atoms with Crippen molar-refractivity contribution in [1.29, 1.82) is 0 Å². The highest BCUT2D eigenvalue weighted by Gasteiger charge is 2.25. The first-order valence-corrected chi connectivity index (χ1v) is 8.81. The Kier molecular flexibility index (Phi) is 3.67. The molecule has 2 aromatic rings. The zero-order valence-corrected chi connectivity index (χ0v) is 12.7. The predicted octanol–water partition coefficient (Wildman–Crippen LogP) is 1.66. The standard InChI is InChI=1S/C14H18N4O2S/c1-15-14-17-12-7-3-2-6-11(12)13(18-14)16-10-5-4-8-21(19,20)9-10/h2-3,6-7,10H,4-5,8-9H2,1H3,(H2,15,16,17,18). The molecule has 2 heterocycles. The van der Waals surface area contributed by atoms with Gasteiger partial charge in [0, 0.05) is 18.5 Å². The maximum atomic E-state index is 11.8. The Bertz CT molecular complexity index is 761. The van der Waals surface area contributed by atoms with Crippen molar-refractivity contribution in [3.05, 3.63) is 24.3 Å². The van der Waals surface area contributed by atoms with Gasteiger partial charge in [0.05, 0.1) is 17.0 Å². The molecule has 1 fully saturated rings. The topological polar surface area (TPSA) is 84.0 Å².